The number of esters is 2. The summed E-state index contributed by atoms with van der Waals surface area (Å²) >= 11 is 0. The number of likely N-dealkylation sites (N-methyl/N-ethyl adjacent to an activating group) is 1. The Hall–Kier alpha value is -2.03. The molecule has 2 atom stereocenters. The second-order valence-electron chi connectivity index (χ2n) is 28.1. The molecular formula is C80H153NO8P+. The van der Waals surface area contributed by atoms with Crippen molar-refractivity contribution in [2.45, 2.75) is 405 Å². The van der Waals surface area contributed by atoms with Crippen LogP contribution >= 0.6 is 7.82 Å². The largest absolute Gasteiger partial charge is 0.472 e. The third kappa shape index (κ3) is 75.0. The second-order valence-corrected chi connectivity index (χ2v) is 29.5. The van der Waals surface area contributed by atoms with E-state index in [1.165, 1.54) is 321 Å². The molecule has 0 radical (unpaired) electrons. The molecule has 0 bridgehead atoms. The Morgan fingerprint density at radius 1 is 0.344 bits per heavy atom. The van der Waals surface area contributed by atoms with Gasteiger partial charge in [-0.15, -0.1) is 0 Å². The van der Waals surface area contributed by atoms with E-state index in [-0.39, 0.29) is 25.6 Å². The summed E-state index contributed by atoms with van der Waals surface area (Å²) in [4.78, 5) is 36.0. The van der Waals surface area contributed by atoms with Crippen molar-refractivity contribution in [2.24, 2.45) is 0 Å². The quantitative estimate of drug-likeness (QED) is 0.0211. The third-order valence-corrected chi connectivity index (χ3v) is 18.8. The lowest BCUT2D eigenvalue weighted by atomic mass is 10.0. The van der Waals surface area contributed by atoms with E-state index in [9.17, 15) is 19.0 Å². The van der Waals surface area contributed by atoms with Crippen molar-refractivity contribution in [2.75, 3.05) is 47.5 Å². The summed E-state index contributed by atoms with van der Waals surface area (Å²) < 4.78 is 34.8. The van der Waals surface area contributed by atoms with E-state index < -0.39 is 26.5 Å². The highest BCUT2D eigenvalue weighted by Gasteiger charge is 2.27. The Morgan fingerprint density at radius 2 is 0.600 bits per heavy atom. The zero-order valence-electron chi connectivity index (χ0n) is 60.7. The van der Waals surface area contributed by atoms with Crippen molar-refractivity contribution in [3.8, 4) is 0 Å². The minimum Gasteiger partial charge on any atom is -0.462 e. The minimum atomic E-state index is -4.39. The molecule has 0 fully saturated rings. The Labute approximate surface area is 560 Å². The maximum absolute atomic E-state index is 12.9. The lowest BCUT2D eigenvalue weighted by molar-refractivity contribution is -0.870. The van der Waals surface area contributed by atoms with Gasteiger partial charge in [0.2, 0.25) is 0 Å². The number of carbonyl (C=O) groups excluding carboxylic acids is 2. The average molecular weight is 1290 g/mol. The number of hydrogen-bond acceptors (Lipinski definition) is 7. The van der Waals surface area contributed by atoms with Crippen LogP contribution in [0.4, 0.5) is 0 Å². The van der Waals surface area contributed by atoms with Crippen LogP contribution < -0.4 is 0 Å². The molecule has 0 aromatic heterocycles. The van der Waals surface area contributed by atoms with Crippen LogP contribution in [0.15, 0.2) is 48.6 Å². The number of quaternary nitrogens is 1. The van der Waals surface area contributed by atoms with E-state index in [1.54, 1.807) is 0 Å². The van der Waals surface area contributed by atoms with Crippen LogP contribution in [-0.4, -0.2) is 74.9 Å². The molecule has 0 aliphatic carbocycles. The summed E-state index contributed by atoms with van der Waals surface area (Å²) in [7, 11) is 1.50. The van der Waals surface area contributed by atoms with Crippen molar-refractivity contribution in [1.29, 1.82) is 0 Å². The standard InChI is InChI=1S/C80H152NO8P/c1-6-8-10-12-14-16-18-20-22-24-26-28-30-32-34-36-37-38-39-40-41-42-43-45-47-49-51-53-55-57-59-61-63-65-67-69-71-73-80(83)89-78(77-88-90(84,85)87-75-74-81(3,4)5)76-86-79(82)72-70-68-66-64-62-60-58-56-54-52-50-48-46-44-35-33-31-29-27-25-23-21-19-17-15-13-11-9-7-2/h18-21,24-27,78H,6-17,22-23,28-77H2,1-5H3/p+1/b20-18-,21-19-,26-24-,27-25-. The minimum absolute atomic E-state index is 0.0344. The fourth-order valence-electron chi connectivity index (χ4n) is 11.8. The van der Waals surface area contributed by atoms with Crippen LogP contribution in [0.5, 0.6) is 0 Å². The average Bonchev–Trinajstić information content (AvgIpc) is 3.58. The first-order valence-electron chi connectivity index (χ1n) is 39.4. The predicted molar refractivity (Wildman–Crippen MR) is 390 cm³/mol. The molecule has 0 saturated carbocycles. The zero-order chi connectivity index (χ0) is 65.5. The molecule has 0 heterocycles. The Kier molecular flexibility index (Phi) is 69.7. The van der Waals surface area contributed by atoms with Crippen LogP contribution in [0.2, 0.25) is 0 Å². The van der Waals surface area contributed by atoms with Gasteiger partial charge in [0.25, 0.3) is 0 Å². The number of phosphoric acid groups is 1. The molecule has 0 saturated heterocycles. The van der Waals surface area contributed by atoms with Gasteiger partial charge >= 0.3 is 19.8 Å². The molecule has 0 rings (SSSR count). The van der Waals surface area contributed by atoms with Gasteiger partial charge in [0.15, 0.2) is 6.10 Å². The van der Waals surface area contributed by atoms with Gasteiger partial charge in [-0.25, -0.2) is 4.57 Å². The monoisotopic (exact) mass is 1290 g/mol. The van der Waals surface area contributed by atoms with E-state index in [0.717, 1.165) is 44.9 Å². The van der Waals surface area contributed by atoms with E-state index >= 15 is 0 Å². The molecule has 530 valence electrons. The number of carbonyl (C=O) groups is 2. The first kappa shape index (κ1) is 88.0. The van der Waals surface area contributed by atoms with E-state index in [0.29, 0.717) is 23.9 Å². The Morgan fingerprint density at radius 3 is 0.878 bits per heavy atom. The first-order chi connectivity index (χ1) is 44.0. The molecule has 0 spiro atoms. The topological polar surface area (TPSA) is 108 Å². The molecule has 0 aliphatic heterocycles. The molecule has 0 aromatic rings. The van der Waals surface area contributed by atoms with Crippen LogP contribution in [0.3, 0.4) is 0 Å². The molecule has 0 amide bonds. The molecular weight excluding hydrogens is 1130 g/mol. The first-order valence-corrected chi connectivity index (χ1v) is 40.9. The summed E-state index contributed by atoms with van der Waals surface area (Å²) in [5.74, 6) is -0.774. The Balaban J connectivity index is 3.92. The number of hydrogen-bond donors (Lipinski definition) is 1. The van der Waals surface area contributed by atoms with Crippen LogP contribution in [-0.2, 0) is 32.7 Å². The highest BCUT2D eigenvalue weighted by molar-refractivity contribution is 7.47. The molecule has 9 nitrogen and oxygen atoms in total. The fourth-order valence-corrected chi connectivity index (χ4v) is 12.5. The van der Waals surface area contributed by atoms with Crippen molar-refractivity contribution in [1.82, 2.24) is 0 Å². The van der Waals surface area contributed by atoms with Gasteiger partial charge in [0, 0.05) is 12.8 Å². The van der Waals surface area contributed by atoms with Crippen molar-refractivity contribution in [3.05, 3.63) is 48.6 Å². The third-order valence-electron chi connectivity index (χ3n) is 17.8. The molecule has 1 N–H and O–H groups in total. The summed E-state index contributed by atoms with van der Waals surface area (Å²) in [6.45, 7) is 4.49. The summed E-state index contributed by atoms with van der Waals surface area (Å²) in [5.41, 5.74) is 0. The van der Waals surface area contributed by atoms with Crippen LogP contribution in [0, 0.1) is 0 Å². The van der Waals surface area contributed by atoms with Gasteiger partial charge in [-0.1, -0.05) is 358 Å². The number of unbranched alkanes of at least 4 members (excludes halogenated alkanes) is 52. The fraction of sp³-hybridized carbons (Fsp3) is 0.875. The van der Waals surface area contributed by atoms with Gasteiger partial charge in [-0.3, -0.25) is 18.6 Å². The van der Waals surface area contributed by atoms with Crippen molar-refractivity contribution < 1.29 is 42.1 Å². The molecule has 90 heavy (non-hydrogen) atoms. The summed E-state index contributed by atoms with van der Waals surface area (Å²) in [5, 5.41) is 0. The lowest BCUT2D eigenvalue weighted by Crippen LogP contribution is -2.37. The summed E-state index contributed by atoms with van der Waals surface area (Å²) in [6.07, 6.45) is 94.0. The van der Waals surface area contributed by atoms with E-state index in [4.69, 9.17) is 18.5 Å². The molecule has 0 aromatic carbocycles. The van der Waals surface area contributed by atoms with E-state index in [1.807, 2.05) is 21.1 Å². The molecule has 10 heteroatoms. The van der Waals surface area contributed by atoms with Gasteiger partial charge < -0.3 is 18.9 Å². The van der Waals surface area contributed by atoms with Crippen molar-refractivity contribution in [3.63, 3.8) is 0 Å². The van der Waals surface area contributed by atoms with Crippen molar-refractivity contribution >= 4 is 19.8 Å². The second kappa shape index (κ2) is 71.3. The SMILES string of the molecule is CCCCCCC/C=C\C/C=C\CCCCCCCCCCCCCCCCCCCCCCCCCCCC(=O)OC(COC(=O)CCCCCCCCCCCCCCCCCCC/C=C\C/C=C\CCCCCCC)COP(=O)(O)OCC[N+](C)(C)C. The van der Waals surface area contributed by atoms with E-state index in [2.05, 4.69) is 62.5 Å². The van der Waals surface area contributed by atoms with Gasteiger partial charge in [0.1, 0.15) is 19.8 Å². The van der Waals surface area contributed by atoms with Gasteiger partial charge in [-0.2, -0.15) is 0 Å². The summed E-state index contributed by atoms with van der Waals surface area (Å²) in [6, 6.07) is 0. The molecule has 0 aliphatic rings. The number of nitrogens with zero attached hydrogens (tertiary/aromatic N) is 1. The van der Waals surface area contributed by atoms with Gasteiger partial charge in [0.05, 0.1) is 27.7 Å². The van der Waals surface area contributed by atoms with Crippen LogP contribution in [0.1, 0.15) is 399 Å². The smallest absolute Gasteiger partial charge is 0.462 e. The van der Waals surface area contributed by atoms with Gasteiger partial charge in [-0.05, 0) is 77.0 Å². The predicted octanol–water partition coefficient (Wildman–Crippen LogP) is 26.0. The Bertz CT molecular complexity index is 1660. The zero-order valence-corrected chi connectivity index (χ0v) is 61.5. The normalized spacial score (nSPS) is 13.3. The number of allylic oxidation sites excluding steroid dienone is 8. The maximum Gasteiger partial charge on any atom is 0.472 e. The number of ether oxygens (including phenoxy) is 2. The number of rotatable bonds is 74. The highest BCUT2D eigenvalue weighted by Crippen LogP contribution is 2.43. The van der Waals surface area contributed by atoms with Crippen LogP contribution in [0.25, 0.3) is 0 Å². The molecule has 2 unspecified atom stereocenters. The maximum atomic E-state index is 12.9. The lowest BCUT2D eigenvalue weighted by Gasteiger charge is -2.24. The highest BCUT2D eigenvalue weighted by atomic mass is 31.2. The number of phosphoric ester groups is 1.